The monoisotopic (exact) mass is 243 g/mol. The van der Waals surface area contributed by atoms with Crippen LogP contribution in [0.5, 0.6) is 0 Å². The molecule has 0 saturated carbocycles. The largest absolute Gasteiger partial charge is 0.365 e. The van der Waals surface area contributed by atoms with E-state index in [1.54, 1.807) is 0 Å². The van der Waals surface area contributed by atoms with Crippen LogP contribution in [0.2, 0.25) is 0 Å². The summed E-state index contributed by atoms with van der Waals surface area (Å²) in [4.78, 5) is 4.14. The van der Waals surface area contributed by atoms with E-state index >= 15 is 0 Å². The molecule has 1 fully saturated rings. The highest BCUT2D eigenvalue weighted by Crippen LogP contribution is 2.23. The Kier molecular flexibility index (Phi) is 3.39. The van der Waals surface area contributed by atoms with E-state index in [0.29, 0.717) is 0 Å². The van der Waals surface area contributed by atoms with Gasteiger partial charge in [-0.2, -0.15) is 0 Å². The van der Waals surface area contributed by atoms with Crippen molar-refractivity contribution in [3.05, 3.63) is 30.3 Å². The van der Waals surface area contributed by atoms with E-state index in [0.717, 1.165) is 18.8 Å². The summed E-state index contributed by atoms with van der Waals surface area (Å²) in [5, 5.41) is 0. The molecular weight excluding hydrogens is 231 g/mol. The first kappa shape index (κ1) is 11.1. The predicted octanol–water partition coefficient (Wildman–Crippen LogP) is 2.37. The zero-order valence-corrected chi connectivity index (χ0v) is 10.0. The fraction of sp³-hybridized carbons (Fsp3) is 0.455. The van der Waals surface area contributed by atoms with Gasteiger partial charge >= 0.3 is 0 Å². The first-order valence-corrected chi connectivity index (χ1v) is 5.77. The molecule has 0 aliphatic carbocycles. The average Bonchev–Trinajstić information content (AvgIpc) is 2.26. The summed E-state index contributed by atoms with van der Waals surface area (Å²) in [5.41, 5.74) is 0.964. The molecule has 1 aliphatic rings. The highest BCUT2D eigenvalue weighted by molar-refractivity contribution is 6.23. The van der Waals surface area contributed by atoms with Gasteiger partial charge in [0.2, 0.25) is 0 Å². The van der Waals surface area contributed by atoms with Gasteiger partial charge < -0.3 is 4.90 Å². The Hall–Kier alpha value is -0.440. The number of anilines is 1. The van der Waals surface area contributed by atoms with E-state index in [2.05, 4.69) is 11.0 Å². The number of para-hydroxylation sites is 1. The average molecular weight is 244 g/mol. The van der Waals surface area contributed by atoms with Crippen LogP contribution in [0.3, 0.4) is 0 Å². The third kappa shape index (κ3) is 2.39. The van der Waals surface area contributed by atoms with Crippen LogP contribution in [0.4, 0.5) is 5.69 Å². The molecule has 1 radical (unpaired) electrons. The molecule has 0 bridgehead atoms. The number of likely N-dealkylation sites (N-methyl/N-ethyl adjacent to an activating group) is 1. The molecule has 81 valence electrons. The predicted molar refractivity (Wildman–Crippen MR) is 64.5 cm³/mol. The second-order valence-electron chi connectivity index (χ2n) is 3.69. The Labute approximate surface area is 100 Å². The van der Waals surface area contributed by atoms with Gasteiger partial charge in [-0.25, -0.2) is 0 Å². The topological polar surface area (TPSA) is 6.48 Å². The zero-order valence-electron chi connectivity index (χ0n) is 8.53. The lowest BCUT2D eigenvalue weighted by molar-refractivity contribution is 0.253. The number of rotatable bonds is 1. The van der Waals surface area contributed by atoms with Crippen molar-refractivity contribution in [1.82, 2.24) is 4.90 Å². The minimum atomic E-state index is -0.0464. The minimum Gasteiger partial charge on any atom is -0.365 e. The summed E-state index contributed by atoms with van der Waals surface area (Å²) < 4.78 is 0. The van der Waals surface area contributed by atoms with Crippen molar-refractivity contribution >= 4 is 28.9 Å². The van der Waals surface area contributed by atoms with Gasteiger partial charge in [0.25, 0.3) is 0 Å². The van der Waals surface area contributed by atoms with Crippen LogP contribution in [0, 0.1) is 6.07 Å². The smallest absolute Gasteiger partial charge is 0.104 e. The molecule has 1 heterocycles. The molecule has 0 N–H and O–H groups in total. The van der Waals surface area contributed by atoms with Crippen molar-refractivity contribution in [3.63, 3.8) is 0 Å². The van der Waals surface area contributed by atoms with Crippen LogP contribution in [0.1, 0.15) is 0 Å². The Morgan fingerprint density at radius 1 is 1.27 bits per heavy atom. The first-order valence-electron chi connectivity index (χ1n) is 4.90. The highest BCUT2D eigenvalue weighted by atomic mass is 35.5. The summed E-state index contributed by atoms with van der Waals surface area (Å²) in [5.74, 6) is 0. The second-order valence-corrected chi connectivity index (χ2v) is 4.69. The minimum absolute atomic E-state index is 0.0464. The summed E-state index contributed by atoms with van der Waals surface area (Å²) >= 11 is 12.4. The lowest BCUT2D eigenvalue weighted by Gasteiger charge is -2.40. The highest BCUT2D eigenvalue weighted by Gasteiger charge is 2.29. The molecule has 2 nitrogen and oxygen atoms in total. The van der Waals surface area contributed by atoms with Crippen molar-refractivity contribution in [2.45, 2.75) is 11.0 Å². The van der Waals surface area contributed by atoms with Crippen molar-refractivity contribution in [2.75, 3.05) is 25.0 Å². The van der Waals surface area contributed by atoms with Crippen LogP contribution >= 0.6 is 23.2 Å². The Bertz CT molecular complexity index is 306. The second kappa shape index (κ2) is 4.60. The summed E-state index contributed by atoms with van der Waals surface area (Å²) in [6.07, 6.45) is 0. The van der Waals surface area contributed by atoms with Gasteiger partial charge in [0.05, 0.1) is 0 Å². The molecule has 1 aliphatic heterocycles. The van der Waals surface area contributed by atoms with Crippen molar-refractivity contribution < 1.29 is 0 Å². The normalized spacial score (nSPS) is 28.1. The van der Waals surface area contributed by atoms with Gasteiger partial charge in [-0.3, -0.25) is 4.90 Å². The van der Waals surface area contributed by atoms with Gasteiger partial charge in [-0.15, -0.1) is 23.2 Å². The molecule has 15 heavy (non-hydrogen) atoms. The van der Waals surface area contributed by atoms with Gasteiger partial charge in [-0.05, 0) is 13.1 Å². The molecule has 1 aromatic carbocycles. The van der Waals surface area contributed by atoms with Gasteiger partial charge in [0, 0.05) is 24.8 Å². The number of hydrogen-bond donors (Lipinski definition) is 0. The lowest BCUT2D eigenvalue weighted by atomic mass is 10.2. The first-order chi connectivity index (χ1) is 7.18. The maximum absolute atomic E-state index is 6.19. The summed E-state index contributed by atoms with van der Waals surface area (Å²) in [6, 6.07) is 11.1. The third-order valence-corrected chi connectivity index (χ3v) is 3.55. The number of halogens is 2. The number of nitrogens with zero attached hydrogens (tertiary/aromatic N) is 2. The lowest BCUT2D eigenvalue weighted by Crippen LogP contribution is -2.53. The SMILES string of the molecule is CN1C(Cl)CN(c2[c]cccc2)CC1Cl. The van der Waals surface area contributed by atoms with Crippen molar-refractivity contribution in [1.29, 1.82) is 0 Å². The Morgan fingerprint density at radius 3 is 2.47 bits per heavy atom. The molecular formula is C11H13Cl2N2. The van der Waals surface area contributed by atoms with Crippen molar-refractivity contribution in [2.24, 2.45) is 0 Å². The van der Waals surface area contributed by atoms with Crippen LogP contribution < -0.4 is 4.90 Å². The molecule has 1 saturated heterocycles. The summed E-state index contributed by atoms with van der Waals surface area (Å²) in [7, 11) is 1.95. The quantitative estimate of drug-likeness (QED) is 0.552. The van der Waals surface area contributed by atoms with E-state index in [-0.39, 0.29) is 11.0 Å². The van der Waals surface area contributed by atoms with E-state index in [1.807, 2.05) is 36.2 Å². The zero-order chi connectivity index (χ0) is 10.8. The standard InChI is InChI=1S/C11H13Cl2N2/c1-14-10(12)7-15(8-11(14)13)9-5-3-2-4-6-9/h2-5,10-11H,7-8H2,1H3. The van der Waals surface area contributed by atoms with E-state index < -0.39 is 0 Å². The van der Waals surface area contributed by atoms with Crippen LogP contribution in [-0.4, -0.2) is 36.0 Å². The van der Waals surface area contributed by atoms with Gasteiger partial charge in [0.1, 0.15) is 11.0 Å². The maximum atomic E-state index is 6.19. The molecule has 0 spiro atoms. The van der Waals surface area contributed by atoms with Crippen LogP contribution in [0.25, 0.3) is 0 Å². The number of alkyl halides is 2. The summed E-state index contributed by atoms with van der Waals surface area (Å²) in [6.45, 7) is 1.56. The van der Waals surface area contributed by atoms with Gasteiger partial charge in [-0.1, -0.05) is 18.2 Å². The molecule has 2 unspecified atom stereocenters. The van der Waals surface area contributed by atoms with Crippen LogP contribution in [-0.2, 0) is 0 Å². The van der Waals surface area contributed by atoms with E-state index in [1.165, 1.54) is 0 Å². The molecule has 2 atom stereocenters. The molecule has 0 aromatic heterocycles. The molecule has 4 heteroatoms. The molecule has 1 aromatic rings. The fourth-order valence-electron chi connectivity index (χ4n) is 1.65. The number of benzene rings is 1. The van der Waals surface area contributed by atoms with Gasteiger partial charge in [0.15, 0.2) is 0 Å². The van der Waals surface area contributed by atoms with E-state index in [4.69, 9.17) is 23.2 Å². The Morgan fingerprint density at radius 2 is 1.93 bits per heavy atom. The number of hydrogen-bond acceptors (Lipinski definition) is 2. The fourth-order valence-corrected chi connectivity index (χ4v) is 2.31. The maximum Gasteiger partial charge on any atom is 0.104 e. The molecule has 0 amide bonds. The third-order valence-electron chi connectivity index (χ3n) is 2.66. The van der Waals surface area contributed by atoms with Crippen LogP contribution in [0.15, 0.2) is 24.3 Å². The molecule has 2 rings (SSSR count). The Balaban J connectivity index is 2.13. The van der Waals surface area contributed by atoms with E-state index in [9.17, 15) is 0 Å². The number of piperazine rings is 1. The van der Waals surface area contributed by atoms with Crippen molar-refractivity contribution in [3.8, 4) is 0 Å².